The van der Waals surface area contributed by atoms with Crippen LogP contribution in [0.3, 0.4) is 0 Å². The van der Waals surface area contributed by atoms with E-state index in [4.69, 9.17) is 4.74 Å². The van der Waals surface area contributed by atoms with Crippen LogP contribution in [0.5, 0.6) is 5.75 Å². The molecule has 0 radical (unpaired) electrons. The third kappa shape index (κ3) is 2.33. The zero-order valence-corrected chi connectivity index (χ0v) is 10.0. The quantitative estimate of drug-likeness (QED) is 0.759. The number of hydrogen-bond acceptors (Lipinski definition) is 1. The maximum atomic E-state index is 5.97. The topological polar surface area (TPSA) is 9.23 Å². The van der Waals surface area contributed by atoms with Gasteiger partial charge in [-0.3, -0.25) is 0 Å². The number of ether oxygens (including phenoxy) is 1. The molecule has 0 saturated heterocycles. The minimum Gasteiger partial charge on any atom is -0.490 e. The Balaban J connectivity index is 2.03. The molecule has 2 aromatic rings. The van der Waals surface area contributed by atoms with E-state index in [1.54, 1.807) is 0 Å². The Bertz CT molecular complexity index is 512. The van der Waals surface area contributed by atoms with Gasteiger partial charge < -0.3 is 4.74 Å². The van der Waals surface area contributed by atoms with Crippen molar-refractivity contribution in [1.82, 2.24) is 0 Å². The van der Waals surface area contributed by atoms with Crippen LogP contribution in [0.25, 0.3) is 11.1 Å². The smallest absolute Gasteiger partial charge is 0.127 e. The Morgan fingerprint density at radius 3 is 2.47 bits per heavy atom. The molecule has 1 aliphatic carbocycles. The summed E-state index contributed by atoms with van der Waals surface area (Å²) in [4.78, 5) is 0. The van der Waals surface area contributed by atoms with E-state index in [-0.39, 0.29) is 0 Å². The minimum atomic E-state index is 0.445. The average molecular weight is 224 g/mol. The van der Waals surface area contributed by atoms with Crippen molar-refractivity contribution in [2.45, 2.75) is 25.9 Å². The standard InChI is InChI=1S/C16H16O/c1-12-7-10-16(17-14-8-9-14)15(11-12)13-5-3-2-4-6-13/h2-7,10-11,14H,8-9H2,1H3. The minimum absolute atomic E-state index is 0.445. The van der Waals surface area contributed by atoms with Crippen molar-refractivity contribution in [2.24, 2.45) is 0 Å². The molecule has 0 spiro atoms. The van der Waals surface area contributed by atoms with Crippen molar-refractivity contribution in [3.05, 3.63) is 54.1 Å². The lowest BCUT2D eigenvalue weighted by molar-refractivity contribution is 0.304. The lowest BCUT2D eigenvalue weighted by Gasteiger charge is -2.12. The summed E-state index contributed by atoms with van der Waals surface area (Å²) >= 11 is 0. The van der Waals surface area contributed by atoms with E-state index in [2.05, 4.69) is 49.4 Å². The van der Waals surface area contributed by atoms with E-state index in [0.717, 1.165) is 5.75 Å². The van der Waals surface area contributed by atoms with Gasteiger partial charge in [0.2, 0.25) is 0 Å². The highest BCUT2D eigenvalue weighted by Gasteiger charge is 2.24. The van der Waals surface area contributed by atoms with E-state index in [1.165, 1.54) is 29.5 Å². The van der Waals surface area contributed by atoms with E-state index in [9.17, 15) is 0 Å². The summed E-state index contributed by atoms with van der Waals surface area (Å²) in [5.41, 5.74) is 3.70. The second-order valence-corrected chi connectivity index (χ2v) is 4.68. The normalized spacial score (nSPS) is 14.6. The molecule has 1 saturated carbocycles. The first-order valence-corrected chi connectivity index (χ1v) is 6.16. The van der Waals surface area contributed by atoms with Crippen LogP contribution in [0.2, 0.25) is 0 Å². The number of benzene rings is 2. The van der Waals surface area contributed by atoms with Gasteiger partial charge in [-0.15, -0.1) is 0 Å². The Morgan fingerprint density at radius 1 is 1.00 bits per heavy atom. The first-order chi connectivity index (χ1) is 8.33. The summed E-state index contributed by atoms with van der Waals surface area (Å²) in [6, 6.07) is 16.9. The summed E-state index contributed by atoms with van der Waals surface area (Å²) in [5, 5.41) is 0. The highest BCUT2D eigenvalue weighted by Crippen LogP contribution is 2.35. The van der Waals surface area contributed by atoms with Crippen molar-refractivity contribution < 1.29 is 4.74 Å². The SMILES string of the molecule is Cc1ccc(OC2CC2)c(-c2ccccc2)c1. The van der Waals surface area contributed by atoms with Crippen LogP contribution in [0.15, 0.2) is 48.5 Å². The van der Waals surface area contributed by atoms with Gasteiger partial charge >= 0.3 is 0 Å². The van der Waals surface area contributed by atoms with Crippen molar-refractivity contribution >= 4 is 0 Å². The Hall–Kier alpha value is -1.76. The Kier molecular flexibility index (Phi) is 2.60. The van der Waals surface area contributed by atoms with Crippen molar-refractivity contribution in [2.75, 3.05) is 0 Å². The van der Waals surface area contributed by atoms with Gasteiger partial charge in [0.25, 0.3) is 0 Å². The largest absolute Gasteiger partial charge is 0.490 e. The van der Waals surface area contributed by atoms with E-state index in [0.29, 0.717) is 6.10 Å². The third-order valence-electron chi connectivity index (χ3n) is 3.04. The molecule has 3 rings (SSSR count). The number of hydrogen-bond donors (Lipinski definition) is 0. The highest BCUT2D eigenvalue weighted by atomic mass is 16.5. The van der Waals surface area contributed by atoms with Gasteiger partial charge in [-0.2, -0.15) is 0 Å². The molecule has 17 heavy (non-hydrogen) atoms. The van der Waals surface area contributed by atoms with E-state index in [1.807, 2.05) is 6.07 Å². The molecule has 0 heterocycles. The molecule has 1 aliphatic rings. The molecular formula is C16H16O. The third-order valence-corrected chi connectivity index (χ3v) is 3.04. The molecule has 1 fully saturated rings. The molecule has 0 aliphatic heterocycles. The fourth-order valence-corrected chi connectivity index (χ4v) is 1.96. The second kappa shape index (κ2) is 4.25. The van der Waals surface area contributed by atoms with E-state index >= 15 is 0 Å². The fraction of sp³-hybridized carbons (Fsp3) is 0.250. The van der Waals surface area contributed by atoms with Crippen molar-refractivity contribution in [3.8, 4) is 16.9 Å². The lowest BCUT2D eigenvalue weighted by Crippen LogP contribution is -1.98. The van der Waals surface area contributed by atoms with Gasteiger partial charge in [0.1, 0.15) is 5.75 Å². The van der Waals surface area contributed by atoms with Crippen LogP contribution in [0, 0.1) is 6.92 Å². The summed E-state index contributed by atoms with van der Waals surface area (Å²) in [7, 11) is 0. The van der Waals surface area contributed by atoms with Crippen LogP contribution >= 0.6 is 0 Å². The Morgan fingerprint density at radius 2 is 1.76 bits per heavy atom. The zero-order valence-electron chi connectivity index (χ0n) is 10.0. The molecule has 2 aromatic carbocycles. The first kappa shape index (κ1) is 10.4. The van der Waals surface area contributed by atoms with Crippen LogP contribution in [0.1, 0.15) is 18.4 Å². The van der Waals surface area contributed by atoms with Gasteiger partial charge in [-0.1, -0.05) is 42.0 Å². The first-order valence-electron chi connectivity index (χ1n) is 6.16. The maximum Gasteiger partial charge on any atom is 0.127 e. The summed E-state index contributed by atoms with van der Waals surface area (Å²) in [6.07, 6.45) is 2.84. The summed E-state index contributed by atoms with van der Waals surface area (Å²) in [6.45, 7) is 2.12. The molecule has 0 aromatic heterocycles. The second-order valence-electron chi connectivity index (χ2n) is 4.68. The van der Waals surface area contributed by atoms with Crippen LogP contribution in [-0.2, 0) is 0 Å². The summed E-state index contributed by atoms with van der Waals surface area (Å²) < 4.78 is 5.97. The van der Waals surface area contributed by atoms with Gasteiger partial charge in [0, 0.05) is 5.56 Å². The molecule has 0 unspecified atom stereocenters. The molecule has 0 N–H and O–H groups in total. The monoisotopic (exact) mass is 224 g/mol. The zero-order chi connectivity index (χ0) is 11.7. The van der Waals surface area contributed by atoms with Crippen molar-refractivity contribution in [3.63, 3.8) is 0 Å². The predicted molar refractivity (Wildman–Crippen MR) is 70.3 cm³/mol. The van der Waals surface area contributed by atoms with Crippen molar-refractivity contribution in [1.29, 1.82) is 0 Å². The molecule has 1 nitrogen and oxygen atoms in total. The maximum absolute atomic E-state index is 5.97. The molecule has 1 heteroatoms. The molecular weight excluding hydrogens is 208 g/mol. The van der Waals surface area contributed by atoms with Crippen LogP contribution in [0.4, 0.5) is 0 Å². The van der Waals surface area contributed by atoms with Gasteiger partial charge in [0.15, 0.2) is 0 Å². The van der Waals surface area contributed by atoms with Gasteiger partial charge in [-0.25, -0.2) is 0 Å². The lowest BCUT2D eigenvalue weighted by atomic mass is 10.0. The predicted octanol–water partition coefficient (Wildman–Crippen LogP) is 4.20. The van der Waals surface area contributed by atoms with Crippen LogP contribution < -0.4 is 4.74 Å². The average Bonchev–Trinajstić information content (AvgIpc) is 3.17. The number of aryl methyl sites for hydroxylation is 1. The van der Waals surface area contributed by atoms with Gasteiger partial charge in [0.05, 0.1) is 6.10 Å². The van der Waals surface area contributed by atoms with Crippen LogP contribution in [-0.4, -0.2) is 6.10 Å². The molecule has 0 amide bonds. The number of rotatable bonds is 3. The summed E-state index contributed by atoms with van der Waals surface area (Å²) in [5.74, 6) is 1.02. The molecule has 86 valence electrons. The van der Waals surface area contributed by atoms with E-state index < -0.39 is 0 Å². The Labute approximate surface area is 102 Å². The molecule has 0 atom stereocenters. The highest BCUT2D eigenvalue weighted by molar-refractivity contribution is 5.71. The molecule has 0 bridgehead atoms. The van der Waals surface area contributed by atoms with Gasteiger partial charge in [-0.05, 0) is 37.5 Å². The fourth-order valence-electron chi connectivity index (χ4n) is 1.96.